The highest BCUT2D eigenvalue weighted by Gasteiger charge is 1.93. The zero-order valence-corrected chi connectivity index (χ0v) is 18.8. The van der Waals surface area contributed by atoms with Crippen molar-refractivity contribution in [3.05, 3.63) is 54.9 Å². The Labute approximate surface area is 192 Å². The number of carbonyl (C=O) groups excluding carboxylic acids is 1. The second-order valence-corrected chi connectivity index (χ2v) is 6.15. The van der Waals surface area contributed by atoms with Gasteiger partial charge in [-0.3, -0.25) is 4.68 Å². The molecule has 31 heavy (non-hydrogen) atoms. The van der Waals surface area contributed by atoms with Gasteiger partial charge in [-0.1, -0.05) is 13.5 Å². The number of nitrogens with one attached hydrogen (secondary N) is 3. The molecule has 1 fully saturated rings. The lowest BCUT2D eigenvalue weighted by molar-refractivity contribution is -0.0980. The van der Waals surface area contributed by atoms with E-state index in [1.54, 1.807) is 4.68 Å². The van der Waals surface area contributed by atoms with Crippen molar-refractivity contribution < 1.29 is 20.5 Å². The lowest BCUT2D eigenvalue weighted by Crippen LogP contribution is -2.30. The quantitative estimate of drug-likeness (QED) is 0.390. The fourth-order valence-corrected chi connectivity index (χ4v) is 2.20. The maximum atomic E-state index is 8.00. The van der Waals surface area contributed by atoms with Gasteiger partial charge in [0.2, 0.25) is 0 Å². The van der Waals surface area contributed by atoms with Gasteiger partial charge in [0.15, 0.2) is 0 Å². The SMILES string of the molecule is C.C1COCCN1.C=CCNc1ccc(S)cc1.C=O.CNCc1cnn(C)c1.O.O. The first kappa shape index (κ1) is 36.2. The Bertz CT molecular complexity index is 611. The van der Waals surface area contributed by atoms with Crippen LogP contribution in [0.1, 0.15) is 13.0 Å². The van der Waals surface area contributed by atoms with Crippen LogP contribution < -0.4 is 16.0 Å². The van der Waals surface area contributed by atoms with E-state index >= 15 is 0 Å². The van der Waals surface area contributed by atoms with Crippen molar-refractivity contribution in [3.63, 3.8) is 0 Å². The molecule has 7 N–H and O–H groups in total. The fraction of sp³-hybridized carbons (Fsp3) is 0.429. The van der Waals surface area contributed by atoms with Crippen LogP contribution in [0.4, 0.5) is 5.69 Å². The number of morpholine rings is 1. The molecule has 0 amide bonds. The molecule has 1 aliphatic rings. The first-order chi connectivity index (χ1) is 13.7. The normalized spacial score (nSPS) is 10.9. The maximum absolute atomic E-state index is 8.00. The topological polar surface area (TPSA) is 143 Å². The largest absolute Gasteiger partial charge is 0.412 e. The number of ether oxygens (including phenoxy) is 1. The summed E-state index contributed by atoms with van der Waals surface area (Å²) in [6.45, 7) is 11.1. The van der Waals surface area contributed by atoms with Crippen LogP contribution in [0, 0.1) is 0 Å². The number of thiol groups is 1. The Kier molecular flexibility index (Phi) is 30.1. The van der Waals surface area contributed by atoms with Gasteiger partial charge in [-0.25, -0.2) is 0 Å². The minimum absolute atomic E-state index is 0. The second kappa shape index (κ2) is 25.8. The Balaban J connectivity index is -0.000000167. The van der Waals surface area contributed by atoms with Crippen molar-refractivity contribution in [2.45, 2.75) is 18.9 Å². The third-order valence-electron chi connectivity index (χ3n) is 3.30. The highest BCUT2D eigenvalue weighted by Crippen LogP contribution is 2.11. The molecule has 0 unspecified atom stereocenters. The predicted octanol–water partition coefficient (Wildman–Crippen LogP) is 1.12. The summed E-state index contributed by atoms with van der Waals surface area (Å²) in [4.78, 5) is 8.98. The van der Waals surface area contributed by atoms with Gasteiger partial charge in [0, 0.05) is 55.6 Å². The summed E-state index contributed by atoms with van der Waals surface area (Å²) in [5.74, 6) is 0. The number of aryl methyl sites for hydroxylation is 1. The summed E-state index contributed by atoms with van der Waals surface area (Å²) in [6.07, 6.45) is 5.68. The summed E-state index contributed by atoms with van der Waals surface area (Å²) in [7, 11) is 3.84. The van der Waals surface area contributed by atoms with Crippen LogP contribution in [0.3, 0.4) is 0 Å². The van der Waals surface area contributed by atoms with E-state index < -0.39 is 0 Å². The van der Waals surface area contributed by atoms with Gasteiger partial charge in [0.25, 0.3) is 0 Å². The maximum Gasteiger partial charge on any atom is 0.106 e. The number of benzene rings is 1. The van der Waals surface area contributed by atoms with E-state index in [2.05, 4.69) is 40.3 Å². The van der Waals surface area contributed by atoms with Crippen molar-refractivity contribution in [2.75, 3.05) is 45.2 Å². The van der Waals surface area contributed by atoms with Crippen molar-refractivity contribution in [3.8, 4) is 0 Å². The van der Waals surface area contributed by atoms with E-state index in [-0.39, 0.29) is 18.4 Å². The minimum atomic E-state index is 0. The molecular formula is C21H41N5O4S. The van der Waals surface area contributed by atoms with Crippen molar-refractivity contribution in [2.24, 2.45) is 7.05 Å². The predicted molar refractivity (Wildman–Crippen MR) is 133 cm³/mol. The molecule has 0 radical (unpaired) electrons. The monoisotopic (exact) mass is 459 g/mol. The molecule has 2 aromatic rings. The van der Waals surface area contributed by atoms with Gasteiger partial charge in [0.05, 0.1) is 19.4 Å². The minimum Gasteiger partial charge on any atom is -0.412 e. The van der Waals surface area contributed by atoms with Crippen molar-refractivity contribution >= 4 is 25.1 Å². The Morgan fingerprint density at radius 2 is 1.81 bits per heavy atom. The standard InChI is InChI=1S/C9H11NS.C6H11N3.C4H9NO.CH2O.CH4.2H2O/c1-2-7-10-8-3-5-9(11)6-4-8;1-7-3-6-4-8-9(2)5-6;1-3-6-4-2-5-1;1-2;;;/h2-6,10-11H,1,7H2;4-5,7H,3H2,1-2H3;5H,1-4H2;1H2;1H4;2*1H2. The van der Waals surface area contributed by atoms with E-state index in [4.69, 9.17) is 9.53 Å². The molecule has 1 aromatic heterocycles. The summed E-state index contributed by atoms with van der Waals surface area (Å²) in [5.41, 5.74) is 2.32. The number of nitrogens with zero attached hydrogens (tertiary/aromatic N) is 2. The van der Waals surface area contributed by atoms with Crippen LogP contribution in [0.5, 0.6) is 0 Å². The van der Waals surface area contributed by atoms with E-state index in [1.807, 2.05) is 63.6 Å². The third kappa shape index (κ3) is 20.8. The van der Waals surface area contributed by atoms with Crippen LogP contribution in [0.15, 0.2) is 54.2 Å². The summed E-state index contributed by atoms with van der Waals surface area (Å²) >= 11 is 4.17. The fourth-order valence-electron chi connectivity index (χ4n) is 2.05. The molecular weight excluding hydrogens is 418 g/mol. The molecule has 180 valence electrons. The van der Waals surface area contributed by atoms with Gasteiger partial charge in [-0.2, -0.15) is 5.10 Å². The lowest BCUT2D eigenvalue weighted by Gasteiger charge is -2.10. The molecule has 1 aliphatic heterocycles. The molecule has 1 saturated heterocycles. The number of rotatable bonds is 5. The zero-order chi connectivity index (χ0) is 21.0. The van der Waals surface area contributed by atoms with Gasteiger partial charge in [-0.05, 0) is 31.3 Å². The van der Waals surface area contributed by atoms with Crippen LogP contribution in [0.25, 0.3) is 0 Å². The highest BCUT2D eigenvalue weighted by molar-refractivity contribution is 7.80. The molecule has 0 atom stereocenters. The molecule has 0 bridgehead atoms. The van der Waals surface area contributed by atoms with E-state index in [0.29, 0.717) is 0 Å². The summed E-state index contributed by atoms with van der Waals surface area (Å²) < 4.78 is 6.81. The van der Waals surface area contributed by atoms with Crippen molar-refractivity contribution in [1.29, 1.82) is 0 Å². The molecule has 3 rings (SSSR count). The lowest BCUT2D eigenvalue weighted by atomic mass is 10.3. The van der Waals surface area contributed by atoms with Gasteiger partial charge < -0.3 is 36.4 Å². The zero-order valence-electron chi connectivity index (χ0n) is 17.9. The van der Waals surface area contributed by atoms with Crippen LogP contribution >= 0.6 is 12.6 Å². The summed E-state index contributed by atoms with van der Waals surface area (Å²) in [6, 6.07) is 7.89. The third-order valence-corrected chi connectivity index (χ3v) is 3.60. The first-order valence-electron chi connectivity index (χ1n) is 8.99. The molecule has 0 aliphatic carbocycles. The molecule has 2 heterocycles. The molecule has 0 saturated carbocycles. The van der Waals surface area contributed by atoms with Gasteiger partial charge in [-0.15, -0.1) is 19.2 Å². The number of anilines is 1. The average molecular weight is 460 g/mol. The number of carbonyl (C=O) groups is 1. The molecule has 0 spiro atoms. The molecule has 10 heteroatoms. The van der Waals surface area contributed by atoms with Gasteiger partial charge in [0.1, 0.15) is 6.79 Å². The van der Waals surface area contributed by atoms with Crippen LogP contribution in [0.2, 0.25) is 0 Å². The Hall–Kier alpha value is -2.21. The van der Waals surface area contributed by atoms with Crippen LogP contribution in [-0.4, -0.2) is 67.4 Å². The van der Waals surface area contributed by atoms with Gasteiger partial charge >= 0.3 is 0 Å². The number of hydrogen-bond donors (Lipinski definition) is 4. The van der Waals surface area contributed by atoms with E-state index in [1.165, 1.54) is 5.56 Å². The smallest absolute Gasteiger partial charge is 0.106 e. The van der Waals surface area contributed by atoms with E-state index in [0.717, 1.165) is 50.0 Å². The van der Waals surface area contributed by atoms with Crippen LogP contribution in [-0.2, 0) is 23.1 Å². The summed E-state index contributed by atoms with van der Waals surface area (Å²) in [5, 5.41) is 13.4. The van der Waals surface area contributed by atoms with Crippen molar-refractivity contribution in [1.82, 2.24) is 20.4 Å². The average Bonchev–Trinajstić information content (AvgIpc) is 3.16. The molecule has 9 nitrogen and oxygen atoms in total. The highest BCUT2D eigenvalue weighted by atomic mass is 32.1. The Morgan fingerprint density at radius 1 is 1.23 bits per heavy atom. The van der Waals surface area contributed by atoms with E-state index in [9.17, 15) is 0 Å². The Morgan fingerprint density at radius 3 is 2.16 bits per heavy atom. The first-order valence-corrected chi connectivity index (χ1v) is 9.43. The number of hydrogen-bond acceptors (Lipinski definition) is 7. The molecule has 1 aromatic carbocycles. The second-order valence-electron chi connectivity index (χ2n) is 5.63. The number of aromatic nitrogens is 2.